The second kappa shape index (κ2) is 10.5. The Labute approximate surface area is 167 Å². The Hall–Kier alpha value is -2.65. The lowest BCUT2D eigenvalue weighted by Crippen LogP contribution is -2.44. The van der Waals surface area contributed by atoms with Crippen LogP contribution in [-0.2, 0) is 9.59 Å². The zero-order valence-corrected chi connectivity index (χ0v) is 15.9. The lowest BCUT2D eigenvalue weighted by molar-refractivity contribution is -0.128. The summed E-state index contributed by atoms with van der Waals surface area (Å²) in [6.07, 6.45) is -0.258. The first-order valence-electron chi connectivity index (χ1n) is 8.06. The Morgan fingerprint density at radius 2 is 1.70 bits per heavy atom. The standard InChI is InChI=1S/C18H19FN4O2S2/c19-14-8-4-5-9-15(14)21-18(27)23-22-16(25)10-13(24)11-17(26)20-12-6-2-1-3-7-12/h1-9,17,20,26H,10-11H2,(H,22,25)(H2,21,23,27). The number of thiol groups is 1. The molecule has 9 heteroatoms. The molecule has 2 rings (SSSR count). The van der Waals surface area contributed by atoms with E-state index in [1.54, 1.807) is 12.1 Å². The zero-order valence-electron chi connectivity index (χ0n) is 14.2. The van der Waals surface area contributed by atoms with Crippen LogP contribution in [0.25, 0.3) is 0 Å². The number of hydrogen-bond donors (Lipinski definition) is 5. The monoisotopic (exact) mass is 406 g/mol. The molecular weight excluding hydrogens is 387 g/mol. The fourth-order valence-electron chi connectivity index (χ4n) is 2.13. The molecule has 0 spiro atoms. The van der Waals surface area contributed by atoms with Crippen LogP contribution >= 0.6 is 24.8 Å². The zero-order chi connectivity index (χ0) is 19.6. The van der Waals surface area contributed by atoms with Crippen molar-refractivity contribution in [2.24, 2.45) is 0 Å². The maximum absolute atomic E-state index is 13.5. The van der Waals surface area contributed by atoms with Crippen molar-refractivity contribution in [3.63, 3.8) is 0 Å². The molecule has 0 heterocycles. The predicted octanol–water partition coefficient (Wildman–Crippen LogP) is 2.86. The Morgan fingerprint density at radius 3 is 2.41 bits per heavy atom. The lowest BCUT2D eigenvalue weighted by Gasteiger charge is -2.14. The van der Waals surface area contributed by atoms with E-state index in [4.69, 9.17) is 12.2 Å². The molecule has 27 heavy (non-hydrogen) atoms. The number of ketones is 1. The number of thiocarbonyl (C=S) groups is 1. The van der Waals surface area contributed by atoms with Crippen molar-refractivity contribution in [1.82, 2.24) is 10.9 Å². The smallest absolute Gasteiger partial charge is 0.245 e. The first kappa shape index (κ1) is 20.7. The molecule has 1 unspecified atom stereocenters. The van der Waals surface area contributed by atoms with Crippen molar-refractivity contribution in [2.45, 2.75) is 18.2 Å². The van der Waals surface area contributed by atoms with E-state index in [1.165, 1.54) is 12.1 Å². The van der Waals surface area contributed by atoms with E-state index in [-0.39, 0.29) is 29.4 Å². The largest absolute Gasteiger partial charge is 0.373 e. The molecule has 0 aromatic heterocycles. The summed E-state index contributed by atoms with van der Waals surface area (Å²) in [5, 5.41) is 5.25. The topological polar surface area (TPSA) is 82.3 Å². The summed E-state index contributed by atoms with van der Waals surface area (Å²) in [5.74, 6) is -1.32. The molecule has 1 atom stereocenters. The van der Waals surface area contributed by atoms with Gasteiger partial charge >= 0.3 is 0 Å². The average molecular weight is 407 g/mol. The Bertz CT molecular complexity index is 805. The van der Waals surface area contributed by atoms with Gasteiger partial charge in [-0.05, 0) is 36.5 Å². The van der Waals surface area contributed by atoms with Crippen LogP contribution in [0.2, 0.25) is 0 Å². The third-order valence-electron chi connectivity index (χ3n) is 3.32. The number of halogens is 1. The minimum Gasteiger partial charge on any atom is -0.373 e. The normalized spacial score (nSPS) is 11.2. The quantitative estimate of drug-likeness (QED) is 0.160. The van der Waals surface area contributed by atoms with Crippen LogP contribution in [0.3, 0.4) is 0 Å². The number of Topliss-reactive ketones (excluding diaryl/α,β-unsaturated/α-hetero) is 1. The van der Waals surface area contributed by atoms with E-state index in [1.807, 2.05) is 30.3 Å². The molecule has 0 aliphatic carbocycles. The summed E-state index contributed by atoms with van der Waals surface area (Å²) in [7, 11) is 0. The first-order chi connectivity index (χ1) is 12.9. The van der Waals surface area contributed by atoms with Crippen LogP contribution < -0.4 is 21.5 Å². The van der Waals surface area contributed by atoms with Gasteiger partial charge in [0.25, 0.3) is 0 Å². The third kappa shape index (κ3) is 7.63. The first-order valence-corrected chi connectivity index (χ1v) is 8.98. The highest BCUT2D eigenvalue weighted by Crippen LogP contribution is 2.13. The van der Waals surface area contributed by atoms with Crippen LogP contribution in [0.5, 0.6) is 0 Å². The molecule has 6 nitrogen and oxygen atoms in total. The molecule has 142 valence electrons. The number of carbonyl (C=O) groups is 2. The van der Waals surface area contributed by atoms with Gasteiger partial charge in [-0.15, -0.1) is 0 Å². The van der Waals surface area contributed by atoms with E-state index >= 15 is 0 Å². The Balaban J connectivity index is 1.69. The van der Waals surface area contributed by atoms with Crippen LogP contribution in [0.1, 0.15) is 12.8 Å². The molecule has 1 amide bonds. The molecule has 0 aliphatic rings. The Kier molecular flexibility index (Phi) is 8.02. The Morgan fingerprint density at radius 1 is 1.04 bits per heavy atom. The minimum atomic E-state index is -0.557. The van der Waals surface area contributed by atoms with Crippen LogP contribution in [-0.4, -0.2) is 22.2 Å². The number of hydrogen-bond acceptors (Lipinski definition) is 5. The summed E-state index contributed by atoms with van der Waals surface area (Å²) < 4.78 is 13.5. The van der Waals surface area contributed by atoms with E-state index in [2.05, 4.69) is 34.1 Å². The number of amides is 1. The van der Waals surface area contributed by atoms with Crippen molar-refractivity contribution >= 4 is 53.0 Å². The van der Waals surface area contributed by atoms with Gasteiger partial charge in [-0.1, -0.05) is 30.3 Å². The molecule has 0 radical (unpaired) electrons. The van der Waals surface area contributed by atoms with Gasteiger partial charge in [0.2, 0.25) is 5.91 Å². The maximum Gasteiger partial charge on any atom is 0.245 e. The summed E-state index contributed by atoms with van der Waals surface area (Å²) in [6, 6.07) is 15.3. The molecule has 2 aromatic rings. The highest BCUT2D eigenvalue weighted by atomic mass is 32.1. The van der Waals surface area contributed by atoms with Gasteiger partial charge in [-0.3, -0.25) is 20.4 Å². The minimum absolute atomic E-state index is 0.00119. The van der Waals surface area contributed by atoms with Gasteiger partial charge in [-0.25, -0.2) is 4.39 Å². The second-order valence-electron chi connectivity index (χ2n) is 5.55. The van der Waals surface area contributed by atoms with Crippen LogP contribution in [0.4, 0.5) is 15.8 Å². The molecule has 0 saturated heterocycles. The van der Waals surface area contributed by atoms with Crippen molar-refractivity contribution < 1.29 is 14.0 Å². The molecule has 0 saturated carbocycles. The summed E-state index contributed by atoms with van der Waals surface area (Å²) in [6.45, 7) is 0. The van der Waals surface area contributed by atoms with E-state index in [9.17, 15) is 14.0 Å². The number of rotatable bonds is 7. The molecule has 0 bridgehead atoms. The third-order valence-corrected chi connectivity index (χ3v) is 3.84. The fourth-order valence-corrected chi connectivity index (χ4v) is 2.65. The SMILES string of the molecule is O=C(CC(=O)NNC(=S)Nc1ccccc1F)CC(S)Nc1ccccc1. The highest BCUT2D eigenvalue weighted by Gasteiger charge is 2.14. The van der Waals surface area contributed by atoms with Crippen molar-refractivity contribution in [3.05, 3.63) is 60.4 Å². The van der Waals surface area contributed by atoms with Gasteiger partial charge < -0.3 is 10.6 Å². The van der Waals surface area contributed by atoms with Crippen LogP contribution in [0.15, 0.2) is 54.6 Å². The maximum atomic E-state index is 13.5. The number of nitrogens with one attached hydrogen (secondary N) is 4. The molecular formula is C18H19FN4O2S2. The lowest BCUT2D eigenvalue weighted by atomic mass is 10.2. The van der Waals surface area contributed by atoms with Crippen molar-refractivity contribution in [3.8, 4) is 0 Å². The van der Waals surface area contributed by atoms with E-state index in [0.717, 1.165) is 5.69 Å². The van der Waals surface area contributed by atoms with E-state index < -0.39 is 17.1 Å². The second-order valence-corrected chi connectivity index (χ2v) is 6.58. The fraction of sp³-hybridized carbons (Fsp3) is 0.167. The van der Waals surface area contributed by atoms with Gasteiger partial charge in [0.05, 0.1) is 17.5 Å². The summed E-state index contributed by atoms with van der Waals surface area (Å²) in [4.78, 5) is 23.8. The van der Waals surface area contributed by atoms with Crippen molar-refractivity contribution in [1.29, 1.82) is 0 Å². The van der Waals surface area contributed by atoms with Gasteiger partial charge in [-0.2, -0.15) is 12.6 Å². The van der Waals surface area contributed by atoms with Gasteiger partial charge in [0.1, 0.15) is 11.6 Å². The number of para-hydroxylation sites is 2. The van der Waals surface area contributed by atoms with Gasteiger partial charge in [0.15, 0.2) is 5.11 Å². The van der Waals surface area contributed by atoms with E-state index in [0.29, 0.717) is 0 Å². The molecule has 2 aromatic carbocycles. The molecule has 0 fully saturated rings. The number of hydrazine groups is 1. The summed E-state index contributed by atoms with van der Waals surface area (Å²) in [5.41, 5.74) is 5.72. The number of benzene rings is 2. The molecule has 4 N–H and O–H groups in total. The van der Waals surface area contributed by atoms with Gasteiger partial charge in [0, 0.05) is 12.1 Å². The summed E-state index contributed by atoms with van der Waals surface area (Å²) >= 11 is 9.27. The van der Waals surface area contributed by atoms with Crippen LogP contribution in [0, 0.1) is 5.82 Å². The predicted molar refractivity (Wildman–Crippen MR) is 111 cm³/mol. The number of carbonyl (C=O) groups excluding carboxylic acids is 2. The highest BCUT2D eigenvalue weighted by molar-refractivity contribution is 7.81. The average Bonchev–Trinajstić information content (AvgIpc) is 2.62. The van der Waals surface area contributed by atoms with Crippen molar-refractivity contribution in [2.75, 3.05) is 10.6 Å². The number of anilines is 2. The molecule has 0 aliphatic heterocycles.